The van der Waals surface area contributed by atoms with Crippen molar-refractivity contribution in [2.75, 3.05) is 5.73 Å². The molecule has 11 heteroatoms. The molecule has 3 aromatic rings. The van der Waals surface area contributed by atoms with Gasteiger partial charge in [0.1, 0.15) is 17.5 Å². The summed E-state index contributed by atoms with van der Waals surface area (Å²) in [7, 11) is -4.08. The number of benzene rings is 2. The Labute approximate surface area is 178 Å². The molecule has 4 rings (SSSR count). The average molecular weight is 441 g/mol. The second-order valence-corrected chi connectivity index (χ2v) is 8.73. The Balaban J connectivity index is 1.61. The molecule has 1 aromatic heterocycles. The largest absolute Gasteiger partial charge is 0.457 e. The van der Waals surface area contributed by atoms with Gasteiger partial charge in [0.15, 0.2) is 0 Å². The van der Waals surface area contributed by atoms with Crippen LogP contribution in [-0.4, -0.2) is 39.8 Å². The lowest BCUT2D eigenvalue weighted by Gasteiger charge is -2.33. The topological polar surface area (TPSA) is 148 Å². The van der Waals surface area contributed by atoms with Gasteiger partial charge in [0, 0.05) is 24.5 Å². The van der Waals surface area contributed by atoms with Gasteiger partial charge in [0.2, 0.25) is 10.0 Å². The van der Waals surface area contributed by atoms with E-state index >= 15 is 0 Å². The van der Waals surface area contributed by atoms with Gasteiger partial charge in [-0.15, -0.1) is 0 Å². The van der Waals surface area contributed by atoms with Crippen molar-refractivity contribution in [3.05, 3.63) is 72.3 Å². The summed E-state index contributed by atoms with van der Waals surface area (Å²) in [6, 6.07) is 11.4. The highest BCUT2D eigenvalue weighted by molar-refractivity contribution is 7.89. The van der Waals surface area contributed by atoms with Crippen LogP contribution in [0.15, 0.2) is 65.8 Å². The van der Waals surface area contributed by atoms with E-state index in [-0.39, 0.29) is 17.9 Å². The highest BCUT2D eigenvalue weighted by Crippen LogP contribution is 2.29. The molecule has 4 N–H and O–H groups in total. The minimum atomic E-state index is -4.08. The van der Waals surface area contributed by atoms with E-state index in [1.165, 1.54) is 42.1 Å². The normalized spacial score (nSPS) is 16.4. The number of fused-ring (bicyclic) bond motifs is 1. The smallest absolute Gasteiger partial charge is 0.262 e. The Morgan fingerprint density at radius 1 is 1.03 bits per heavy atom. The predicted octanol–water partition coefficient (Wildman–Crippen LogP) is 1.47. The Bertz CT molecular complexity index is 1200. The van der Waals surface area contributed by atoms with Crippen molar-refractivity contribution >= 4 is 21.6 Å². The van der Waals surface area contributed by atoms with Crippen LogP contribution in [0.5, 0.6) is 11.5 Å². The second kappa shape index (κ2) is 8.30. The van der Waals surface area contributed by atoms with E-state index in [4.69, 9.17) is 15.7 Å². The van der Waals surface area contributed by atoms with Gasteiger partial charge in [-0.05, 0) is 48.5 Å². The van der Waals surface area contributed by atoms with E-state index in [9.17, 15) is 13.2 Å². The van der Waals surface area contributed by atoms with Crippen molar-refractivity contribution in [3.8, 4) is 11.5 Å². The number of ether oxygens (including phenoxy) is 1. The number of nitrogen functional groups attached to an aromatic ring is 1. The Morgan fingerprint density at radius 2 is 1.61 bits per heavy atom. The van der Waals surface area contributed by atoms with E-state index in [2.05, 4.69) is 9.97 Å². The van der Waals surface area contributed by atoms with Crippen molar-refractivity contribution in [2.24, 2.45) is 0 Å². The van der Waals surface area contributed by atoms with Crippen molar-refractivity contribution in [1.29, 1.82) is 0 Å². The number of hydroxylamine groups is 1. The lowest BCUT2D eigenvalue weighted by atomic mass is 10.0. The van der Waals surface area contributed by atoms with Gasteiger partial charge < -0.3 is 10.5 Å². The number of rotatable bonds is 5. The first-order chi connectivity index (χ1) is 14.9. The van der Waals surface area contributed by atoms with E-state index in [1.807, 2.05) is 0 Å². The third kappa shape index (κ3) is 4.19. The molecule has 1 amide bonds. The Kier molecular flexibility index (Phi) is 5.55. The molecule has 0 saturated heterocycles. The zero-order chi connectivity index (χ0) is 22.0. The molecular formula is C20H19N5O5S. The number of nitrogens with one attached hydrogen (secondary N) is 1. The Morgan fingerprint density at radius 3 is 2.23 bits per heavy atom. The molecule has 2 heterocycles. The summed E-state index contributed by atoms with van der Waals surface area (Å²) in [5.41, 5.74) is 8.75. The van der Waals surface area contributed by atoms with Gasteiger partial charge in [-0.3, -0.25) is 20.0 Å². The molecule has 10 nitrogen and oxygen atoms in total. The Hall–Kier alpha value is -3.54. The van der Waals surface area contributed by atoms with Crippen molar-refractivity contribution in [2.45, 2.75) is 23.9 Å². The number of hydrogen-bond donors (Lipinski definition) is 3. The van der Waals surface area contributed by atoms with Gasteiger partial charge in [-0.25, -0.2) is 13.9 Å². The average Bonchev–Trinajstić information content (AvgIpc) is 2.79. The monoisotopic (exact) mass is 441 g/mol. The molecule has 2 aromatic carbocycles. The van der Waals surface area contributed by atoms with Crippen LogP contribution in [0.2, 0.25) is 0 Å². The number of aromatic nitrogens is 2. The number of nitrogens with two attached hydrogens (primary N) is 1. The molecule has 0 aliphatic carbocycles. The van der Waals surface area contributed by atoms with Gasteiger partial charge in [-0.2, -0.15) is 4.31 Å². The number of amides is 1. The molecular weight excluding hydrogens is 422 g/mol. The maximum absolute atomic E-state index is 13.3. The number of hydrogen-bond acceptors (Lipinski definition) is 8. The molecule has 1 atom stereocenters. The molecule has 1 aliphatic rings. The van der Waals surface area contributed by atoms with Crippen LogP contribution >= 0.6 is 0 Å². The second-order valence-electron chi connectivity index (χ2n) is 6.84. The first-order valence-electron chi connectivity index (χ1n) is 9.26. The van der Waals surface area contributed by atoms with E-state index in [0.717, 1.165) is 4.31 Å². The highest BCUT2D eigenvalue weighted by Gasteiger charge is 2.40. The van der Waals surface area contributed by atoms with Crippen LogP contribution < -0.4 is 16.0 Å². The van der Waals surface area contributed by atoms with Gasteiger partial charge >= 0.3 is 0 Å². The summed E-state index contributed by atoms with van der Waals surface area (Å²) in [6.45, 7) is -0.146. The van der Waals surface area contributed by atoms with Crippen LogP contribution in [-0.2, 0) is 27.8 Å². The van der Waals surface area contributed by atoms with Crippen LogP contribution in [0.1, 0.15) is 11.4 Å². The molecule has 160 valence electrons. The van der Waals surface area contributed by atoms with Crippen molar-refractivity contribution in [3.63, 3.8) is 0 Å². The summed E-state index contributed by atoms with van der Waals surface area (Å²) in [5.74, 6) is 0.141. The minimum Gasteiger partial charge on any atom is -0.457 e. The summed E-state index contributed by atoms with van der Waals surface area (Å²) >= 11 is 0. The first-order valence-corrected chi connectivity index (χ1v) is 10.7. The van der Waals surface area contributed by atoms with Crippen molar-refractivity contribution < 1.29 is 23.2 Å². The number of carbonyl (C=O) groups excluding carboxylic acids is 1. The van der Waals surface area contributed by atoms with E-state index in [0.29, 0.717) is 28.6 Å². The minimum absolute atomic E-state index is 0.00682. The van der Waals surface area contributed by atoms with Crippen LogP contribution in [0.3, 0.4) is 0 Å². The zero-order valence-electron chi connectivity index (χ0n) is 16.2. The zero-order valence-corrected chi connectivity index (χ0v) is 17.0. The van der Waals surface area contributed by atoms with Crippen LogP contribution in [0, 0.1) is 0 Å². The molecule has 0 fully saturated rings. The highest BCUT2D eigenvalue weighted by atomic mass is 32.2. The molecule has 0 radical (unpaired) electrons. The lowest BCUT2D eigenvalue weighted by Crippen LogP contribution is -2.52. The molecule has 0 unspecified atom stereocenters. The summed E-state index contributed by atoms with van der Waals surface area (Å²) in [5, 5.41) is 9.10. The third-order valence-electron chi connectivity index (χ3n) is 4.86. The quantitative estimate of drug-likeness (QED) is 0.306. The predicted molar refractivity (Wildman–Crippen MR) is 110 cm³/mol. The van der Waals surface area contributed by atoms with Gasteiger partial charge in [0.05, 0.1) is 22.8 Å². The van der Waals surface area contributed by atoms with Gasteiger partial charge in [0.25, 0.3) is 5.91 Å². The van der Waals surface area contributed by atoms with E-state index in [1.54, 1.807) is 24.3 Å². The number of carbonyl (C=O) groups is 1. The summed E-state index contributed by atoms with van der Waals surface area (Å²) in [6.07, 6.45) is 2.92. The summed E-state index contributed by atoms with van der Waals surface area (Å²) in [4.78, 5) is 20.5. The molecule has 0 saturated carbocycles. The van der Waals surface area contributed by atoms with Crippen LogP contribution in [0.25, 0.3) is 0 Å². The maximum atomic E-state index is 13.3. The third-order valence-corrected chi connectivity index (χ3v) is 6.73. The number of anilines is 1. The fourth-order valence-electron chi connectivity index (χ4n) is 3.28. The molecule has 31 heavy (non-hydrogen) atoms. The number of sulfonamides is 1. The van der Waals surface area contributed by atoms with E-state index < -0.39 is 22.0 Å². The molecule has 0 bridgehead atoms. The fraction of sp³-hybridized carbons (Fsp3) is 0.150. The standard InChI is InChI=1S/C20H19N5O5S/c21-13-1-3-14(4-2-13)30-15-5-7-16(8-6-15)31(28,29)25-12-18-17(22-9-10-23-18)11-19(25)20(26)24-27/h1-10,19,27H,11-12,21H2,(H,24,26)/t19-/m1/s1. The van der Waals surface area contributed by atoms with Crippen molar-refractivity contribution in [1.82, 2.24) is 19.8 Å². The fourth-order valence-corrected chi connectivity index (χ4v) is 4.83. The number of nitrogens with zero attached hydrogens (tertiary/aromatic N) is 3. The van der Waals surface area contributed by atoms with Crippen LogP contribution in [0.4, 0.5) is 5.69 Å². The van der Waals surface area contributed by atoms with Gasteiger partial charge in [-0.1, -0.05) is 0 Å². The maximum Gasteiger partial charge on any atom is 0.262 e. The first kappa shape index (κ1) is 20.7. The molecule has 1 aliphatic heterocycles. The lowest BCUT2D eigenvalue weighted by molar-refractivity contribution is -0.133. The molecule has 0 spiro atoms. The SMILES string of the molecule is Nc1ccc(Oc2ccc(S(=O)(=O)N3Cc4nccnc4C[C@@H]3C(=O)NO)cc2)cc1. The summed E-state index contributed by atoms with van der Waals surface area (Å²) < 4.78 is 33.3.